The first-order valence-corrected chi connectivity index (χ1v) is 11.1. The molecule has 0 bridgehead atoms. The van der Waals surface area contributed by atoms with Crippen molar-refractivity contribution < 1.29 is 9.53 Å². The first-order chi connectivity index (χ1) is 14.1. The Kier molecular flexibility index (Phi) is 7.29. The van der Waals surface area contributed by atoms with Crippen molar-refractivity contribution in [1.82, 2.24) is 4.98 Å². The summed E-state index contributed by atoms with van der Waals surface area (Å²) >= 11 is 7.62. The van der Waals surface area contributed by atoms with E-state index in [4.69, 9.17) is 21.3 Å². The predicted molar refractivity (Wildman–Crippen MR) is 122 cm³/mol. The molecule has 0 fully saturated rings. The number of hydrogen-bond acceptors (Lipinski definition) is 4. The summed E-state index contributed by atoms with van der Waals surface area (Å²) in [6, 6.07) is 15.3. The van der Waals surface area contributed by atoms with E-state index >= 15 is 0 Å². The van der Waals surface area contributed by atoms with Gasteiger partial charge in [0.25, 0.3) is 0 Å². The molecule has 1 amide bonds. The minimum absolute atomic E-state index is 0.00798. The number of carbonyl (C=O) groups excluding carboxylic acids is 1. The van der Waals surface area contributed by atoms with Crippen LogP contribution in [0.15, 0.2) is 48.5 Å². The lowest BCUT2D eigenvalue weighted by Gasteiger charge is -2.19. The maximum absolute atomic E-state index is 12.8. The molecule has 1 heterocycles. The van der Waals surface area contributed by atoms with Gasteiger partial charge in [-0.3, -0.25) is 9.69 Å². The average Bonchev–Trinajstić information content (AvgIpc) is 3.13. The maximum Gasteiger partial charge on any atom is 0.233 e. The first kappa shape index (κ1) is 21.3. The number of aryl methyl sites for hydroxylation is 1. The molecule has 0 unspecified atom stereocenters. The third-order valence-corrected chi connectivity index (χ3v) is 5.78. The zero-order valence-corrected chi connectivity index (χ0v) is 18.5. The average molecular weight is 429 g/mol. The monoisotopic (exact) mass is 428 g/mol. The molecular weight excluding hydrogens is 404 g/mol. The van der Waals surface area contributed by atoms with Crippen LogP contribution in [0.25, 0.3) is 11.3 Å². The highest BCUT2D eigenvalue weighted by Crippen LogP contribution is 2.38. The van der Waals surface area contributed by atoms with Crippen LogP contribution >= 0.6 is 22.9 Å². The zero-order chi connectivity index (χ0) is 20.8. The number of aromatic nitrogens is 1. The maximum atomic E-state index is 12.8. The number of amides is 1. The van der Waals surface area contributed by atoms with Crippen LogP contribution in [0, 0.1) is 0 Å². The molecule has 3 aromatic rings. The number of halogens is 1. The number of nitrogens with zero attached hydrogens (tertiary/aromatic N) is 2. The van der Waals surface area contributed by atoms with E-state index in [0.29, 0.717) is 23.2 Å². The van der Waals surface area contributed by atoms with Gasteiger partial charge < -0.3 is 4.74 Å². The fourth-order valence-electron chi connectivity index (χ4n) is 3.04. The molecule has 0 atom stereocenters. The second-order valence-electron chi connectivity index (χ2n) is 6.53. The van der Waals surface area contributed by atoms with Gasteiger partial charge in [-0.15, -0.1) is 11.3 Å². The molecule has 0 N–H and O–H groups in total. The van der Waals surface area contributed by atoms with Gasteiger partial charge >= 0.3 is 0 Å². The van der Waals surface area contributed by atoms with Crippen molar-refractivity contribution in [1.29, 1.82) is 0 Å². The van der Waals surface area contributed by atoms with Crippen molar-refractivity contribution in [3.05, 3.63) is 58.4 Å². The molecular formula is C23H25ClN2O2S. The molecule has 0 radical (unpaired) electrons. The van der Waals surface area contributed by atoms with Gasteiger partial charge in [-0.05, 0) is 49.7 Å². The van der Waals surface area contributed by atoms with Crippen LogP contribution in [-0.2, 0) is 11.2 Å². The number of hydrogen-bond donors (Lipinski definition) is 0. The highest BCUT2D eigenvalue weighted by atomic mass is 35.5. The fraction of sp³-hybridized carbons (Fsp3) is 0.304. The number of carbonyl (C=O) groups is 1. The largest absolute Gasteiger partial charge is 0.494 e. The van der Waals surface area contributed by atoms with Crippen molar-refractivity contribution in [2.24, 2.45) is 0 Å². The van der Waals surface area contributed by atoms with Crippen LogP contribution in [0.3, 0.4) is 0 Å². The Hall–Kier alpha value is -2.37. The molecule has 0 saturated heterocycles. The molecule has 0 saturated carbocycles. The van der Waals surface area contributed by atoms with E-state index in [0.717, 1.165) is 35.5 Å². The second kappa shape index (κ2) is 9.90. The summed E-state index contributed by atoms with van der Waals surface area (Å²) < 4.78 is 5.53. The summed E-state index contributed by atoms with van der Waals surface area (Å²) in [7, 11) is 0. The van der Waals surface area contributed by atoms with E-state index in [1.807, 2.05) is 62.4 Å². The summed E-state index contributed by atoms with van der Waals surface area (Å²) in [5.41, 5.74) is 2.72. The van der Waals surface area contributed by atoms with Crippen LogP contribution in [-0.4, -0.2) is 17.5 Å². The summed E-state index contributed by atoms with van der Waals surface area (Å²) in [5, 5.41) is 1.38. The molecule has 0 aliphatic rings. The van der Waals surface area contributed by atoms with Crippen molar-refractivity contribution >= 4 is 39.7 Å². The van der Waals surface area contributed by atoms with E-state index in [1.165, 1.54) is 4.88 Å². The van der Waals surface area contributed by atoms with Gasteiger partial charge in [-0.1, -0.05) is 44.0 Å². The van der Waals surface area contributed by atoms with Crippen LogP contribution in [0.5, 0.6) is 5.75 Å². The summed E-state index contributed by atoms with van der Waals surface area (Å²) in [5.74, 6) is 0.793. The predicted octanol–water partition coefficient (Wildman–Crippen LogP) is 6.89. The van der Waals surface area contributed by atoms with Gasteiger partial charge in [-0.25, -0.2) is 4.98 Å². The second-order valence-corrected chi connectivity index (χ2v) is 8.03. The molecule has 0 aliphatic carbocycles. The van der Waals surface area contributed by atoms with Gasteiger partial charge in [0.1, 0.15) is 5.75 Å². The third-order valence-electron chi connectivity index (χ3n) is 4.43. The minimum Gasteiger partial charge on any atom is -0.494 e. The third kappa shape index (κ3) is 4.98. The molecule has 6 heteroatoms. The number of anilines is 2. The minimum atomic E-state index is 0.00798. The van der Waals surface area contributed by atoms with Crippen LogP contribution in [0.4, 0.5) is 10.8 Å². The van der Waals surface area contributed by atoms with Crippen molar-refractivity contribution in [2.45, 2.75) is 40.0 Å². The number of ether oxygens (including phenoxy) is 1. The summed E-state index contributed by atoms with van der Waals surface area (Å²) in [6.07, 6.45) is 2.31. The van der Waals surface area contributed by atoms with Gasteiger partial charge in [0.2, 0.25) is 5.91 Å². The number of thiazole rings is 1. The molecule has 3 rings (SSSR count). The standard InChI is InChI=1S/C23H25ClN2O2S/c1-4-7-20-22(16-8-10-17(24)11-9-16)25-23(29-20)26(21(27)5-2)18-12-14-19(15-13-18)28-6-3/h8-15H,4-7H2,1-3H3. The van der Waals surface area contributed by atoms with Gasteiger partial charge in [0.05, 0.1) is 18.0 Å². The zero-order valence-electron chi connectivity index (χ0n) is 16.9. The molecule has 4 nitrogen and oxygen atoms in total. The van der Waals surface area contributed by atoms with Crippen LogP contribution < -0.4 is 9.64 Å². The van der Waals surface area contributed by atoms with Crippen molar-refractivity contribution in [3.63, 3.8) is 0 Å². The number of benzene rings is 2. The Bertz CT molecular complexity index is 952. The fourth-order valence-corrected chi connectivity index (χ4v) is 4.39. The van der Waals surface area contributed by atoms with Crippen molar-refractivity contribution in [3.8, 4) is 17.0 Å². The molecule has 0 spiro atoms. The topological polar surface area (TPSA) is 42.4 Å². The lowest BCUT2D eigenvalue weighted by molar-refractivity contribution is -0.117. The van der Waals surface area contributed by atoms with E-state index in [9.17, 15) is 4.79 Å². The van der Waals surface area contributed by atoms with Gasteiger partial charge in [0, 0.05) is 21.9 Å². The normalized spacial score (nSPS) is 10.8. The molecule has 2 aromatic carbocycles. The van der Waals surface area contributed by atoms with Crippen LogP contribution in [0.1, 0.15) is 38.5 Å². The molecule has 29 heavy (non-hydrogen) atoms. The Morgan fingerprint density at radius 1 is 1.07 bits per heavy atom. The quantitative estimate of drug-likeness (QED) is 0.392. The Morgan fingerprint density at radius 3 is 2.34 bits per heavy atom. The Morgan fingerprint density at radius 2 is 1.76 bits per heavy atom. The SMILES string of the molecule is CCCc1sc(N(C(=O)CC)c2ccc(OCC)cc2)nc1-c1ccc(Cl)cc1. The number of rotatable bonds is 8. The lowest BCUT2D eigenvalue weighted by Crippen LogP contribution is -2.24. The van der Waals surface area contributed by atoms with E-state index in [-0.39, 0.29) is 5.91 Å². The highest BCUT2D eigenvalue weighted by molar-refractivity contribution is 7.16. The van der Waals surface area contributed by atoms with Gasteiger partial charge in [-0.2, -0.15) is 0 Å². The molecule has 1 aromatic heterocycles. The smallest absolute Gasteiger partial charge is 0.233 e. The van der Waals surface area contributed by atoms with Gasteiger partial charge in [0.15, 0.2) is 5.13 Å². The Labute approximate surface area is 181 Å². The van der Waals surface area contributed by atoms with E-state index in [1.54, 1.807) is 16.2 Å². The Balaban J connectivity index is 2.04. The lowest BCUT2D eigenvalue weighted by atomic mass is 10.1. The molecule has 152 valence electrons. The first-order valence-electron chi connectivity index (χ1n) is 9.88. The highest BCUT2D eigenvalue weighted by Gasteiger charge is 2.23. The van der Waals surface area contributed by atoms with E-state index in [2.05, 4.69) is 6.92 Å². The van der Waals surface area contributed by atoms with Crippen LogP contribution in [0.2, 0.25) is 5.02 Å². The summed E-state index contributed by atoms with van der Waals surface area (Å²) in [6.45, 7) is 6.56. The summed E-state index contributed by atoms with van der Waals surface area (Å²) in [4.78, 5) is 20.6. The molecule has 0 aliphatic heterocycles. The van der Waals surface area contributed by atoms with Crippen molar-refractivity contribution in [2.75, 3.05) is 11.5 Å². The van der Waals surface area contributed by atoms with E-state index < -0.39 is 0 Å².